The third-order valence-electron chi connectivity index (χ3n) is 4.08. The van der Waals surface area contributed by atoms with Gasteiger partial charge in [0.1, 0.15) is 11.6 Å². The van der Waals surface area contributed by atoms with Crippen LogP contribution in [0.1, 0.15) is 11.1 Å². The molecule has 0 aromatic heterocycles. The number of amides is 1. The summed E-state index contributed by atoms with van der Waals surface area (Å²) >= 11 is 5.97. The lowest BCUT2D eigenvalue weighted by atomic mass is 10.1. The Morgan fingerprint density at radius 2 is 1.93 bits per heavy atom. The Hall–Kier alpha value is -3.17. The number of carbonyl (C=O) groups excluding carboxylic acids is 1. The highest BCUT2D eigenvalue weighted by Gasteiger charge is 2.10. The minimum absolute atomic E-state index is 0.0216. The molecule has 0 saturated heterocycles. The van der Waals surface area contributed by atoms with Crippen LogP contribution in [0.3, 0.4) is 0 Å². The Bertz CT molecular complexity index is 920. The number of carbonyl (C=O) groups is 1. The molecule has 0 bridgehead atoms. The normalized spacial score (nSPS) is 10.8. The van der Waals surface area contributed by atoms with Crippen molar-refractivity contribution in [1.82, 2.24) is 5.32 Å². The molecule has 2 aromatic carbocycles. The summed E-state index contributed by atoms with van der Waals surface area (Å²) in [4.78, 5) is 12.2. The summed E-state index contributed by atoms with van der Waals surface area (Å²) in [5.74, 6) is 0.826. The number of nitrogens with one attached hydrogen (secondary N) is 2. The van der Waals surface area contributed by atoms with Crippen LogP contribution in [0.25, 0.3) is 0 Å². The van der Waals surface area contributed by atoms with E-state index in [9.17, 15) is 10.1 Å². The lowest BCUT2D eigenvalue weighted by molar-refractivity contribution is -0.117. The molecule has 7 heteroatoms. The molecule has 0 unspecified atom stereocenters. The van der Waals surface area contributed by atoms with Crippen molar-refractivity contribution in [2.24, 2.45) is 0 Å². The summed E-state index contributed by atoms with van der Waals surface area (Å²) in [6.45, 7) is 2.28. The predicted octanol–water partition coefficient (Wildman–Crippen LogP) is 3.84. The molecule has 0 fully saturated rings. The largest absolute Gasteiger partial charge is 0.493 e. The van der Waals surface area contributed by atoms with Crippen molar-refractivity contribution in [3.05, 3.63) is 64.3 Å². The van der Waals surface area contributed by atoms with Crippen molar-refractivity contribution in [3.8, 4) is 17.6 Å². The molecule has 0 saturated carbocycles. The topological polar surface area (TPSA) is 83.4 Å². The number of ether oxygens (including phenoxy) is 2. The van der Waals surface area contributed by atoms with Crippen molar-refractivity contribution >= 4 is 23.2 Å². The zero-order valence-electron chi connectivity index (χ0n) is 16.0. The summed E-state index contributed by atoms with van der Waals surface area (Å²) in [6, 6.07) is 12.8. The van der Waals surface area contributed by atoms with Gasteiger partial charge in [-0.25, -0.2) is 0 Å². The summed E-state index contributed by atoms with van der Waals surface area (Å²) < 4.78 is 10.5. The zero-order valence-corrected chi connectivity index (χ0v) is 16.8. The van der Waals surface area contributed by atoms with Gasteiger partial charge in [-0.2, -0.15) is 5.26 Å². The van der Waals surface area contributed by atoms with Crippen molar-refractivity contribution in [1.29, 1.82) is 5.26 Å². The van der Waals surface area contributed by atoms with E-state index in [1.54, 1.807) is 26.4 Å². The Labute approximate surface area is 169 Å². The molecule has 0 spiro atoms. The third-order valence-corrected chi connectivity index (χ3v) is 4.32. The van der Waals surface area contributed by atoms with E-state index >= 15 is 0 Å². The molecule has 146 valence electrons. The molecule has 1 amide bonds. The molecule has 0 atom stereocenters. The minimum atomic E-state index is -0.449. The van der Waals surface area contributed by atoms with Gasteiger partial charge in [-0.3, -0.25) is 4.79 Å². The van der Waals surface area contributed by atoms with Crippen LogP contribution in [0.2, 0.25) is 5.02 Å². The maximum atomic E-state index is 12.2. The van der Waals surface area contributed by atoms with E-state index in [4.69, 9.17) is 21.1 Å². The minimum Gasteiger partial charge on any atom is -0.493 e. The zero-order chi connectivity index (χ0) is 20.5. The molecule has 2 rings (SSSR count). The molecular formula is C21H22ClN3O3. The number of nitrogens with zero attached hydrogens (tertiary/aromatic N) is 1. The molecule has 0 heterocycles. The fraction of sp³-hybridized carbons (Fsp3) is 0.238. The van der Waals surface area contributed by atoms with E-state index < -0.39 is 5.91 Å². The fourth-order valence-electron chi connectivity index (χ4n) is 2.50. The number of benzene rings is 2. The molecule has 0 aliphatic carbocycles. The van der Waals surface area contributed by atoms with Crippen LogP contribution in [0.15, 0.2) is 48.2 Å². The van der Waals surface area contributed by atoms with Crippen LogP contribution >= 0.6 is 11.6 Å². The van der Waals surface area contributed by atoms with Crippen LogP contribution in [0.5, 0.6) is 11.5 Å². The number of hydrogen-bond donors (Lipinski definition) is 2. The van der Waals surface area contributed by atoms with Gasteiger partial charge in [0, 0.05) is 23.5 Å². The highest BCUT2D eigenvalue weighted by molar-refractivity contribution is 6.30. The molecule has 0 aliphatic heterocycles. The number of aryl methyl sites for hydroxylation is 1. The smallest absolute Gasteiger partial charge is 0.263 e. The number of hydrogen-bond acceptors (Lipinski definition) is 5. The molecular weight excluding hydrogens is 378 g/mol. The maximum absolute atomic E-state index is 12.2. The predicted molar refractivity (Wildman–Crippen MR) is 110 cm³/mol. The van der Waals surface area contributed by atoms with E-state index in [2.05, 4.69) is 10.6 Å². The van der Waals surface area contributed by atoms with E-state index in [0.717, 1.165) is 16.8 Å². The monoisotopic (exact) mass is 399 g/mol. The fourth-order valence-corrected chi connectivity index (χ4v) is 2.67. The average Bonchev–Trinajstić information content (AvgIpc) is 2.70. The van der Waals surface area contributed by atoms with Gasteiger partial charge in [0.25, 0.3) is 5.91 Å². The Kier molecular flexibility index (Phi) is 7.73. The Morgan fingerprint density at radius 1 is 1.18 bits per heavy atom. The number of halogens is 1. The maximum Gasteiger partial charge on any atom is 0.263 e. The van der Waals surface area contributed by atoms with Gasteiger partial charge in [0.2, 0.25) is 0 Å². The molecule has 0 aliphatic rings. The van der Waals surface area contributed by atoms with Crippen LogP contribution in [-0.4, -0.2) is 26.7 Å². The molecule has 0 radical (unpaired) electrons. The Morgan fingerprint density at radius 3 is 2.61 bits per heavy atom. The van der Waals surface area contributed by atoms with Crippen molar-refractivity contribution in [2.75, 3.05) is 26.1 Å². The van der Waals surface area contributed by atoms with E-state index in [-0.39, 0.29) is 5.57 Å². The first-order valence-corrected chi connectivity index (χ1v) is 8.98. The van der Waals surface area contributed by atoms with Crippen molar-refractivity contribution in [2.45, 2.75) is 13.3 Å². The van der Waals surface area contributed by atoms with Crippen LogP contribution < -0.4 is 20.1 Å². The quantitative estimate of drug-likeness (QED) is 0.520. The summed E-state index contributed by atoms with van der Waals surface area (Å²) in [6.07, 6.45) is 1.97. The SMILES string of the molecule is COc1ccc(CCNC(=O)/C(C#N)=C\Nc2cc(Cl)ccc2C)cc1OC. The molecule has 6 nitrogen and oxygen atoms in total. The second-order valence-electron chi connectivity index (χ2n) is 5.97. The van der Waals surface area contributed by atoms with Gasteiger partial charge in [-0.05, 0) is 48.7 Å². The lowest BCUT2D eigenvalue weighted by Crippen LogP contribution is -2.27. The van der Waals surface area contributed by atoms with Gasteiger partial charge in [-0.1, -0.05) is 23.7 Å². The van der Waals surface area contributed by atoms with Crippen molar-refractivity contribution in [3.63, 3.8) is 0 Å². The molecule has 2 N–H and O–H groups in total. The van der Waals surface area contributed by atoms with Gasteiger partial charge in [0.05, 0.1) is 14.2 Å². The van der Waals surface area contributed by atoms with E-state index in [1.807, 2.05) is 37.3 Å². The summed E-state index contributed by atoms with van der Waals surface area (Å²) in [7, 11) is 3.15. The third kappa shape index (κ3) is 5.66. The van der Waals surface area contributed by atoms with E-state index in [0.29, 0.717) is 29.5 Å². The van der Waals surface area contributed by atoms with E-state index in [1.165, 1.54) is 6.20 Å². The Balaban J connectivity index is 1.95. The molecule has 28 heavy (non-hydrogen) atoms. The van der Waals surface area contributed by atoms with Crippen LogP contribution in [0, 0.1) is 18.3 Å². The highest BCUT2D eigenvalue weighted by Crippen LogP contribution is 2.27. The highest BCUT2D eigenvalue weighted by atomic mass is 35.5. The summed E-state index contributed by atoms with van der Waals surface area (Å²) in [5, 5.41) is 15.5. The standard InChI is InChI=1S/C21H22ClN3O3/c1-14-4-6-17(22)11-18(14)25-13-16(12-23)21(26)24-9-8-15-5-7-19(27-2)20(10-15)28-3/h4-7,10-11,13,25H,8-9H2,1-3H3,(H,24,26)/b16-13-. The van der Waals surface area contributed by atoms with Gasteiger partial charge in [-0.15, -0.1) is 0 Å². The number of anilines is 1. The number of rotatable bonds is 8. The van der Waals surface area contributed by atoms with Crippen LogP contribution in [0.4, 0.5) is 5.69 Å². The van der Waals surface area contributed by atoms with Gasteiger partial charge < -0.3 is 20.1 Å². The second-order valence-corrected chi connectivity index (χ2v) is 6.41. The van der Waals surface area contributed by atoms with Gasteiger partial charge >= 0.3 is 0 Å². The first-order chi connectivity index (χ1) is 13.5. The van der Waals surface area contributed by atoms with Crippen LogP contribution in [-0.2, 0) is 11.2 Å². The molecule has 2 aromatic rings. The first-order valence-electron chi connectivity index (χ1n) is 8.60. The average molecular weight is 400 g/mol. The second kappa shape index (κ2) is 10.2. The van der Waals surface area contributed by atoms with Gasteiger partial charge in [0.15, 0.2) is 11.5 Å². The summed E-state index contributed by atoms with van der Waals surface area (Å²) in [5.41, 5.74) is 2.64. The first kappa shape index (κ1) is 21.1. The lowest BCUT2D eigenvalue weighted by Gasteiger charge is -2.10. The van der Waals surface area contributed by atoms with Crippen molar-refractivity contribution < 1.29 is 14.3 Å². The number of methoxy groups -OCH3 is 2. The number of nitriles is 1.